The molecule has 12 N–H and O–H groups in total. The molecule has 3 heterocycles. The normalized spacial score (nSPS) is 33.1. The zero-order valence-electron chi connectivity index (χ0n) is 41.0. The molecule has 3 saturated heterocycles. The van der Waals surface area contributed by atoms with Crippen molar-refractivity contribution in [3.8, 4) is 0 Å². The quantitative estimate of drug-likeness (QED) is 0.0318. The molecule has 0 spiro atoms. The van der Waals surface area contributed by atoms with Crippen molar-refractivity contribution >= 4 is 5.91 Å². The molecule has 0 aromatic rings. The summed E-state index contributed by atoms with van der Waals surface area (Å²) >= 11 is 0. The van der Waals surface area contributed by atoms with Crippen molar-refractivity contribution in [2.24, 2.45) is 0 Å². The topological polar surface area (TPSA) is 307 Å². The lowest BCUT2D eigenvalue weighted by Gasteiger charge is -2.48. The van der Waals surface area contributed by atoms with Crippen molar-refractivity contribution in [2.45, 2.75) is 247 Å². The molecule has 0 radical (unpaired) electrons. The Morgan fingerprint density at radius 1 is 0.507 bits per heavy atom. The fraction of sp³-hybridized carbons (Fsp3) is 0.860. The third-order valence-electron chi connectivity index (χ3n) is 12.9. The summed E-state index contributed by atoms with van der Waals surface area (Å²) in [6, 6.07) is -0.989. The minimum absolute atomic E-state index is 0.224. The predicted octanol–water partition coefficient (Wildman–Crippen LogP) is 1.81. The zero-order chi connectivity index (χ0) is 50.6. The fourth-order valence-electron chi connectivity index (χ4n) is 8.56. The van der Waals surface area contributed by atoms with Crippen LogP contribution in [0.1, 0.15) is 142 Å². The molecule has 3 aliphatic heterocycles. The van der Waals surface area contributed by atoms with Crippen LogP contribution in [-0.2, 0) is 33.2 Å². The van der Waals surface area contributed by atoms with Crippen molar-refractivity contribution in [3.05, 3.63) is 36.5 Å². The second kappa shape index (κ2) is 35.2. The van der Waals surface area contributed by atoms with Crippen molar-refractivity contribution in [1.29, 1.82) is 0 Å². The molecule has 19 nitrogen and oxygen atoms in total. The first kappa shape index (κ1) is 61.3. The summed E-state index contributed by atoms with van der Waals surface area (Å²) in [6.45, 7) is 1.57. The number of aliphatic hydroxyl groups excluding tert-OH is 11. The number of rotatable bonds is 35. The van der Waals surface area contributed by atoms with Gasteiger partial charge in [-0.2, -0.15) is 0 Å². The van der Waals surface area contributed by atoms with Gasteiger partial charge >= 0.3 is 0 Å². The molecule has 17 unspecified atom stereocenters. The van der Waals surface area contributed by atoms with Gasteiger partial charge in [0.15, 0.2) is 18.9 Å². The van der Waals surface area contributed by atoms with E-state index in [1.54, 1.807) is 6.08 Å². The fourth-order valence-corrected chi connectivity index (χ4v) is 8.56. The Morgan fingerprint density at radius 3 is 1.51 bits per heavy atom. The second-order valence-corrected chi connectivity index (χ2v) is 18.6. The zero-order valence-corrected chi connectivity index (χ0v) is 41.0. The van der Waals surface area contributed by atoms with Gasteiger partial charge in [-0.3, -0.25) is 4.79 Å². The summed E-state index contributed by atoms with van der Waals surface area (Å²) in [6.07, 6.45) is 5.92. The number of carbonyl (C=O) groups is 1. The van der Waals surface area contributed by atoms with Gasteiger partial charge in [0, 0.05) is 6.42 Å². The lowest BCUT2D eigenvalue weighted by atomic mass is 9.96. The lowest BCUT2D eigenvalue weighted by Crippen LogP contribution is -2.66. The summed E-state index contributed by atoms with van der Waals surface area (Å²) in [5, 5.41) is 119. The monoisotopic (exact) mass is 992 g/mol. The number of ether oxygens (including phenoxy) is 6. The number of carbonyl (C=O) groups excluding carboxylic acids is 1. The summed E-state index contributed by atoms with van der Waals surface area (Å²) in [7, 11) is 0. The molecule has 1 amide bonds. The summed E-state index contributed by atoms with van der Waals surface area (Å²) in [5.41, 5.74) is 0. The molecule has 0 bridgehead atoms. The van der Waals surface area contributed by atoms with Crippen LogP contribution in [0.2, 0.25) is 0 Å². The molecular weight excluding hydrogens is 903 g/mol. The van der Waals surface area contributed by atoms with Gasteiger partial charge in [0.1, 0.15) is 73.2 Å². The van der Waals surface area contributed by atoms with Crippen LogP contribution in [0.25, 0.3) is 0 Å². The third-order valence-corrected chi connectivity index (χ3v) is 12.9. The van der Waals surface area contributed by atoms with E-state index in [2.05, 4.69) is 43.5 Å². The maximum Gasteiger partial charge on any atom is 0.220 e. The van der Waals surface area contributed by atoms with Crippen molar-refractivity contribution in [2.75, 3.05) is 26.4 Å². The van der Waals surface area contributed by atoms with Crippen molar-refractivity contribution < 1.29 is 89.4 Å². The van der Waals surface area contributed by atoms with E-state index in [0.29, 0.717) is 12.8 Å². The Labute approximate surface area is 409 Å². The van der Waals surface area contributed by atoms with Crippen LogP contribution < -0.4 is 5.32 Å². The molecule has 19 heteroatoms. The number of nitrogens with one attached hydrogen (secondary N) is 1. The smallest absolute Gasteiger partial charge is 0.220 e. The SMILES string of the molecule is CCC/C=C\CCCCCCCC(=O)NC(COC1OC(CO)C(OC2OC(CO)C(OC3OC(CO)C(O)C(O)C3O)C(O)C2O)C(O)C1O)C(O)/C=C/CC/C=C/CCCCCCCCCC. The van der Waals surface area contributed by atoms with Crippen LogP contribution >= 0.6 is 0 Å². The van der Waals surface area contributed by atoms with Crippen molar-refractivity contribution in [1.82, 2.24) is 5.32 Å². The predicted molar refractivity (Wildman–Crippen MR) is 254 cm³/mol. The van der Waals surface area contributed by atoms with Crippen molar-refractivity contribution in [3.63, 3.8) is 0 Å². The molecule has 3 rings (SSSR count). The van der Waals surface area contributed by atoms with E-state index in [-0.39, 0.29) is 18.9 Å². The average molecular weight is 992 g/mol. The molecule has 3 aliphatic rings. The number of hydrogen-bond acceptors (Lipinski definition) is 18. The van der Waals surface area contributed by atoms with E-state index in [1.165, 1.54) is 44.9 Å². The van der Waals surface area contributed by atoms with Gasteiger partial charge in [0.2, 0.25) is 5.91 Å². The molecular formula is C50H89NO18. The first-order valence-corrected chi connectivity index (χ1v) is 25.7. The number of allylic oxidation sites excluding steroid dienone is 5. The van der Waals surface area contributed by atoms with E-state index in [4.69, 9.17) is 28.4 Å². The van der Waals surface area contributed by atoms with Gasteiger partial charge < -0.3 is 89.9 Å². The van der Waals surface area contributed by atoms with E-state index >= 15 is 0 Å². The maximum absolute atomic E-state index is 13.2. The van der Waals surface area contributed by atoms with E-state index in [0.717, 1.165) is 64.2 Å². The largest absolute Gasteiger partial charge is 0.394 e. The molecule has 0 aliphatic carbocycles. The average Bonchev–Trinajstić information content (AvgIpc) is 3.34. The highest BCUT2D eigenvalue weighted by Gasteiger charge is 2.53. The molecule has 402 valence electrons. The molecule has 0 aromatic heterocycles. The van der Waals surface area contributed by atoms with E-state index in [1.807, 2.05) is 6.08 Å². The molecule has 17 atom stereocenters. The standard InChI is InChI=1S/C50H89NO18/c1-3-5-7-9-11-13-15-16-17-18-19-21-23-25-27-34(55)33(51-38(56)28-26-24-22-20-14-12-10-8-6-4-2)32-64-48-44(62)41(59)46(36(30-53)66-48)69-50-45(63)42(60)47(37(31-54)67-50)68-49-43(61)40(58)39(57)35(29-52)65-49/h8,10,18-19,25,27,33-37,39-50,52-55,57-63H,3-7,9,11-17,20-24,26,28-32H2,1-2H3,(H,51,56)/b10-8-,19-18+,27-25+. The van der Waals surface area contributed by atoms with Crippen LogP contribution in [0, 0.1) is 0 Å². The van der Waals surface area contributed by atoms with Gasteiger partial charge in [-0.05, 0) is 51.4 Å². The number of unbranched alkanes of at least 4 members (excludes halogenated alkanes) is 15. The minimum Gasteiger partial charge on any atom is -0.394 e. The summed E-state index contributed by atoms with van der Waals surface area (Å²) in [5.74, 6) is -0.301. The van der Waals surface area contributed by atoms with Gasteiger partial charge in [0.25, 0.3) is 0 Å². The third kappa shape index (κ3) is 21.2. The Kier molecular flexibility index (Phi) is 31.3. The van der Waals surface area contributed by atoms with Gasteiger partial charge in [-0.25, -0.2) is 0 Å². The van der Waals surface area contributed by atoms with Crippen LogP contribution in [-0.4, -0.2) is 193 Å². The Hall–Kier alpha value is -1.99. The highest BCUT2D eigenvalue weighted by Crippen LogP contribution is 2.33. The van der Waals surface area contributed by atoms with Crippen LogP contribution in [0.4, 0.5) is 0 Å². The highest BCUT2D eigenvalue weighted by molar-refractivity contribution is 5.76. The van der Waals surface area contributed by atoms with E-state index in [9.17, 15) is 61.0 Å². The van der Waals surface area contributed by atoms with Gasteiger partial charge in [-0.1, -0.05) is 121 Å². The molecule has 0 saturated carbocycles. The number of hydrogen-bond donors (Lipinski definition) is 12. The summed E-state index contributed by atoms with van der Waals surface area (Å²) in [4.78, 5) is 13.2. The number of aliphatic hydroxyl groups is 11. The Morgan fingerprint density at radius 2 is 0.957 bits per heavy atom. The first-order chi connectivity index (χ1) is 33.3. The van der Waals surface area contributed by atoms with Crippen LogP contribution in [0.5, 0.6) is 0 Å². The molecule has 3 fully saturated rings. The Bertz CT molecular complexity index is 1420. The first-order valence-electron chi connectivity index (χ1n) is 25.7. The molecule has 69 heavy (non-hydrogen) atoms. The highest BCUT2D eigenvalue weighted by atomic mass is 16.8. The lowest BCUT2D eigenvalue weighted by molar-refractivity contribution is -0.379. The maximum atomic E-state index is 13.2. The number of amides is 1. The summed E-state index contributed by atoms with van der Waals surface area (Å²) < 4.78 is 34.0. The van der Waals surface area contributed by atoms with Gasteiger partial charge in [0.05, 0.1) is 38.6 Å². The van der Waals surface area contributed by atoms with E-state index < -0.39 is 124 Å². The van der Waals surface area contributed by atoms with Gasteiger partial charge in [-0.15, -0.1) is 0 Å². The molecule has 0 aromatic carbocycles. The Balaban J connectivity index is 1.58. The van der Waals surface area contributed by atoms with Crippen LogP contribution in [0.15, 0.2) is 36.5 Å². The van der Waals surface area contributed by atoms with Crippen LogP contribution in [0.3, 0.4) is 0 Å². The second-order valence-electron chi connectivity index (χ2n) is 18.6. The minimum atomic E-state index is -1.98.